The molecule has 7 atom stereocenters. The lowest BCUT2D eigenvalue weighted by Gasteiger charge is -2.59. The molecule has 0 aromatic heterocycles. The van der Waals surface area contributed by atoms with Gasteiger partial charge in [0.1, 0.15) is 6.10 Å². The van der Waals surface area contributed by atoms with Crippen molar-refractivity contribution in [2.24, 2.45) is 34.5 Å². The predicted molar refractivity (Wildman–Crippen MR) is 87.6 cm³/mol. The SMILES string of the molecule is C[C@]12CC[C@H](OC=O)CC1CC[C@@H]1[C@@H]2CC[C@]2(C)C(=O)C=C[C@@H]12. The Kier molecular flexibility index (Phi) is 3.48. The van der Waals surface area contributed by atoms with Crippen molar-refractivity contribution < 1.29 is 14.3 Å². The van der Waals surface area contributed by atoms with Crippen molar-refractivity contribution in [2.75, 3.05) is 0 Å². The molecule has 126 valence electrons. The average Bonchev–Trinajstić information content (AvgIpc) is 2.84. The number of ketones is 1. The summed E-state index contributed by atoms with van der Waals surface area (Å²) in [5.41, 5.74) is 0.245. The highest BCUT2D eigenvalue weighted by Gasteiger charge is 2.59. The van der Waals surface area contributed by atoms with Gasteiger partial charge in [0.15, 0.2) is 5.78 Å². The first-order chi connectivity index (χ1) is 11.0. The van der Waals surface area contributed by atoms with Crippen LogP contribution < -0.4 is 0 Å². The zero-order chi connectivity index (χ0) is 16.2. The fourth-order valence-electron chi connectivity index (χ4n) is 6.69. The monoisotopic (exact) mass is 316 g/mol. The topological polar surface area (TPSA) is 43.4 Å². The number of allylic oxidation sites excluding steroid dienone is 2. The van der Waals surface area contributed by atoms with Crippen LogP contribution in [0.3, 0.4) is 0 Å². The molecule has 0 radical (unpaired) electrons. The molecule has 0 heterocycles. The van der Waals surface area contributed by atoms with Gasteiger partial charge in [0, 0.05) is 5.41 Å². The minimum Gasteiger partial charge on any atom is -0.465 e. The van der Waals surface area contributed by atoms with Crippen LogP contribution >= 0.6 is 0 Å². The first kappa shape index (κ1) is 15.4. The molecule has 3 nitrogen and oxygen atoms in total. The van der Waals surface area contributed by atoms with Crippen LogP contribution in [0.5, 0.6) is 0 Å². The number of carbonyl (C=O) groups is 2. The van der Waals surface area contributed by atoms with Crippen molar-refractivity contribution in [1.29, 1.82) is 0 Å². The molecule has 0 bridgehead atoms. The average molecular weight is 316 g/mol. The molecule has 3 saturated carbocycles. The smallest absolute Gasteiger partial charge is 0.293 e. The van der Waals surface area contributed by atoms with E-state index in [9.17, 15) is 9.59 Å². The number of ether oxygens (including phenoxy) is 1. The van der Waals surface area contributed by atoms with Crippen LogP contribution in [-0.2, 0) is 14.3 Å². The Balaban J connectivity index is 1.58. The molecule has 1 unspecified atom stereocenters. The number of rotatable bonds is 2. The van der Waals surface area contributed by atoms with Gasteiger partial charge in [-0.1, -0.05) is 19.9 Å². The van der Waals surface area contributed by atoms with E-state index >= 15 is 0 Å². The van der Waals surface area contributed by atoms with Gasteiger partial charge in [-0.2, -0.15) is 0 Å². The third kappa shape index (κ3) is 2.08. The highest BCUT2D eigenvalue weighted by molar-refractivity contribution is 5.97. The molecule has 0 N–H and O–H groups in total. The number of fused-ring (bicyclic) bond motifs is 5. The van der Waals surface area contributed by atoms with Gasteiger partial charge < -0.3 is 4.74 Å². The molecule has 0 amide bonds. The van der Waals surface area contributed by atoms with E-state index in [0.29, 0.717) is 35.4 Å². The summed E-state index contributed by atoms with van der Waals surface area (Å²) in [6.07, 6.45) is 12.1. The van der Waals surface area contributed by atoms with E-state index in [1.807, 2.05) is 6.08 Å². The van der Waals surface area contributed by atoms with E-state index in [1.165, 1.54) is 25.7 Å². The Morgan fingerprint density at radius 2 is 2.00 bits per heavy atom. The van der Waals surface area contributed by atoms with Gasteiger partial charge in [-0.25, -0.2) is 0 Å². The Labute approximate surface area is 138 Å². The zero-order valence-electron chi connectivity index (χ0n) is 14.3. The summed E-state index contributed by atoms with van der Waals surface area (Å²) >= 11 is 0. The number of hydrogen-bond donors (Lipinski definition) is 0. The second-order valence-corrected chi connectivity index (χ2v) is 8.88. The van der Waals surface area contributed by atoms with Gasteiger partial charge in [-0.05, 0) is 80.1 Å². The largest absolute Gasteiger partial charge is 0.465 e. The quantitative estimate of drug-likeness (QED) is 0.725. The maximum atomic E-state index is 12.3. The Morgan fingerprint density at radius 3 is 2.78 bits per heavy atom. The molecule has 0 spiro atoms. The predicted octanol–water partition coefficient (Wildman–Crippen LogP) is 3.92. The molecule has 3 heteroatoms. The van der Waals surface area contributed by atoms with Crippen molar-refractivity contribution in [2.45, 2.75) is 64.9 Å². The Hall–Kier alpha value is -1.12. The first-order valence-electron chi connectivity index (χ1n) is 9.31. The van der Waals surface area contributed by atoms with Crippen LogP contribution in [0.4, 0.5) is 0 Å². The summed E-state index contributed by atoms with van der Waals surface area (Å²) in [6, 6.07) is 0. The summed E-state index contributed by atoms with van der Waals surface area (Å²) in [6.45, 7) is 5.30. The number of hydrogen-bond acceptors (Lipinski definition) is 3. The lowest BCUT2D eigenvalue weighted by molar-refractivity contribution is -0.150. The minimum absolute atomic E-state index is 0.123. The maximum absolute atomic E-state index is 12.3. The van der Waals surface area contributed by atoms with Crippen molar-refractivity contribution >= 4 is 12.3 Å². The second kappa shape index (κ2) is 5.19. The maximum Gasteiger partial charge on any atom is 0.293 e. The van der Waals surface area contributed by atoms with Crippen molar-refractivity contribution in [1.82, 2.24) is 0 Å². The van der Waals surface area contributed by atoms with Crippen molar-refractivity contribution in [3.63, 3.8) is 0 Å². The third-order valence-corrected chi connectivity index (χ3v) is 8.13. The van der Waals surface area contributed by atoms with Gasteiger partial charge in [-0.15, -0.1) is 0 Å². The van der Waals surface area contributed by atoms with Gasteiger partial charge in [-0.3, -0.25) is 9.59 Å². The molecule has 0 aromatic rings. The van der Waals surface area contributed by atoms with Crippen LogP contribution in [0.1, 0.15) is 58.8 Å². The van der Waals surface area contributed by atoms with Crippen LogP contribution in [0.2, 0.25) is 0 Å². The van der Waals surface area contributed by atoms with Crippen LogP contribution in [-0.4, -0.2) is 18.4 Å². The first-order valence-corrected chi connectivity index (χ1v) is 9.31. The van der Waals surface area contributed by atoms with Gasteiger partial charge in [0.2, 0.25) is 0 Å². The summed E-state index contributed by atoms with van der Waals surface area (Å²) < 4.78 is 5.28. The zero-order valence-corrected chi connectivity index (χ0v) is 14.3. The fraction of sp³-hybridized carbons (Fsp3) is 0.800. The molecule has 0 aliphatic heterocycles. The molecular formula is C20H28O3. The van der Waals surface area contributed by atoms with E-state index in [-0.39, 0.29) is 11.5 Å². The molecular weight excluding hydrogens is 288 g/mol. The molecule has 4 aliphatic rings. The molecule has 0 aromatic carbocycles. The minimum atomic E-state index is -0.123. The van der Waals surface area contributed by atoms with Crippen LogP contribution in [0.15, 0.2) is 12.2 Å². The van der Waals surface area contributed by atoms with E-state index in [4.69, 9.17) is 4.74 Å². The normalized spacial score (nSPS) is 51.6. The highest BCUT2D eigenvalue weighted by Crippen LogP contribution is 2.64. The fourth-order valence-corrected chi connectivity index (χ4v) is 6.69. The van der Waals surface area contributed by atoms with Gasteiger partial charge >= 0.3 is 0 Å². The summed E-state index contributed by atoms with van der Waals surface area (Å²) in [4.78, 5) is 23.0. The van der Waals surface area contributed by atoms with E-state index in [2.05, 4.69) is 19.9 Å². The second-order valence-electron chi connectivity index (χ2n) is 8.88. The van der Waals surface area contributed by atoms with E-state index in [0.717, 1.165) is 25.2 Å². The molecule has 4 aliphatic carbocycles. The third-order valence-electron chi connectivity index (χ3n) is 8.13. The van der Waals surface area contributed by atoms with E-state index in [1.54, 1.807) is 0 Å². The van der Waals surface area contributed by atoms with Crippen LogP contribution in [0.25, 0.3) is 0 Å². The molecule has 3 fully saturated rings. The summed E-state index contributed by atoms with van der Waals surface area (Å²) in [5, 5.41) is 0. The lowest BCUT2D eigenvalue weighted by Crippen LogP contribution is -2.54. The molecule has 4 rings (SSSR count). The standard InChI is InChI=1S/C20H28O3/c1-19-9-7-14(23-12-21)11-13(19)3-4-15-16-5-6-18(22)20(16,2)10-8-17(15)19/h5-6,12-17H,3-4,7-11H2,1-2H3/t13?,14-,15-,16-,17-,19-,20-/m0/s1. The summed E-state index contributed by atoms with van der Waals surface area (Å²) in [7, 11) is 0. The molecule has 0 saturated heterocycles. The highest BCUT2D eigenvalue weighted by atomic mass is 16.5. The van der Waals surface area contributed by atoms with Crippen molar-refractivity contribution in [3.8, 4) is 0 Å². The van der Waals surface area contributed by atoms with Gasteiger partial charge in [0.05, 0.1) is 0 Å². The Morgan fingerprint density at radius 1 is 1.17 bits per heavy atom. The summed E-state index contributed by atoms with van der Waals surface area (Å²) in [5.74, 6) is 2.88. The lowest BCUT2D eigenvalue weighted by atomic mass is 9.45. The van der Waals surface area contributed by atoms with Crippen LogP contribution in [0, 0.1) is 34.5 Å². The molecule has 23 heavy (non-hydrogen) atoms. The Bertz CT molecular complexity index is 553. The van der Waals surface area contributed by atoms with E-state index < -0.39 is 0 Å². The van der Waals surface area contributed by atoms with Gasteiger partial charge in [0.25, 0.3) is 6.47 Å². The van der Waals surface area contributed by atoms with Crippen molar-refractivity contribution in [3.05, 3.63) is 12.2 Å². The number of carbonyl (C=O) groups excluding carboxylic acids is 2.